The number of hydrogen-bond donors (Lipinski definition) is 2. The molecule has 2 aliphatic heterocycles. The third kappa shape index (κ3) is 3.27. The van der Waals surface area contributed by atoms with Crippen LogP contribution >= 0.6 is 0 Å². The van der Waals surface area contributed by atoms with Gasteiger partial charge in [0.25, 0.3) is 0 Å². The number of carbonyl (C=O) groups excluding carboxylic acids is 1. The zero-order valence-electron chi connectivity index (χ0n) is 15.4. The fourth-order valence-electron chi connectivity index (χ4n) is 4.88. The molecule has 0 aliphatic carbocycles. The van der Waals surface area contributed by atoms with Gasteiger partial charge in [-0.25, -0.2) is 0 Å². The Morgan fingerprint density at radius 2 is 1.92 bits per heavy atom. The van der Waals surface area contributed by atoms with Gasteiger partial charge in [0.2, 0.25) is 0 Å². The van der Waals surface area contributed by atoms with Crippen LogP contribution in [0.1, 0.15) is 51.0 Å². The molecule has 3 rings (SSSR count). The Bertz CT molecular complexity index is 616. The van der Waals surface area contributed by atoms with Gasteiger partial charge < -0.3 is 19.4 Å². The minimum absolute atomic E-state index is 0.0682. The van der Waals surface area contributed by atoms with E-state index in [-0.39, 0.29) is 18.5 Å². The Morgan fingerprint density at radius 1 is 1.28 bits per heavy atom. The van der Waals surface area contributed by atoms with Crippen molar-refractivity contribution in [3.05, 3.63) is 29.8 Å². The lowest BCUT2D eigenvalue weighted by Crippen LogP contribution is -2.62. The second kappa shape index (κ2) is 6.96. The lowest BCUT2D eigenvalue weighted by atomic mass is 9.94. The van der Waals surface area contributed by atoms with Gasteiger partial charge in [-0.3, -0.25) is 4.79 Å². The second-order valence-electron chi connectivity index (χ2n) is 8.06. The Balaban J connectivity index is 1.68. The summed E-state index contributed by atoms with van der Waals surface area (Å²) in [4.78, 5) is 12.6. The first-order valence-corrected chi connectivity index (χ1v) is 9.32. The van der Waals surface area contributed by atoms with E-state index in [2.05, 4.69) is 20.9 Å². The summed E-state index contributed by atoms with van der Waals surface area (Å²) in [6.45, 7) is 4.24. The van der Waals surface area contributed by atoms with Gasteiger partial charge in [0, 0.05) is 25.7 Å². The maximum Gasteiger partial charge on any atom is 0.316 e. The third-order valence-corrected chi connectivity index (χ3v) is 6.61. The van der Waals surface area contributed by atoms with Crippen molar-refractivity contribution in [2.45, 2.75) is 69.7 Å². The maximum atomic E-state index is 12.6. The molecule has 2 saturated heterocycles. The van der Waals surface area contributed by atoms with Crippen LogP contribution < -0.4 is 0 Å². The minimum atomic E-state index is -0.738. The molecule has 0 radical (unpaired) electrons. The molecule has 1 aromatic carbocycles. The Labute approximate surface area is 149 Å². The summed E-state index contributed by atoms with van der Waals surface area (Å²) in [6, 6.07) is 8.14. The summed E-state index contributed by atoms with van der Waals surface area (Å²) in [5.41, 5.74) is 0.592. The highest BCUT2D eigenvalue weighted by Gasteiger charge is 2.53. The molecule has 1 aromatic rings. The molecule has 5 nitrogen and oxygen atoms in total. The highest BCUT2D eigenvalue weighted by atomic mass is 16.5. The Hall–Kier alpha value is -1.59. The highest BCUT2D eigenvalue weighted by molar-refractivity contribution is 5.78. The fourth-order valence-corrected chi connectivity index (χ4v) is 4.88. The van der Waals surface area contributed by atoms with Gasteiger partial charge in [-0.05, 0) is 31.5 Å². The first kappa shape index (κ1) is 18.2. The van der Waals surface area contributed by atoms with Crippen molar-refractivity contribution in [2.24, 2.45) is 0 Å². The van der Waals surface area contributed by atoms with Crippen LogP contribution in [0, 0.1) is 0 Å². The monoisotopic (exact) mass is 348 g/mol. The van der Waals surface area contributed by atoms with Crippen LogP contribution in [-0.2, 0) is 9.53 Å². The molecule has 2 heterocycles. The molecular weight excluding hydrogens is 318 g/mol. The smallest absolute Gasteiger partial charge is 0.316 e. The predicted molar refractivity (Wildman–Crippen MR) is 95.2 cm³/mol. The molecule has 3 unspecified atom stereocenters. The number of aromatic hydroxyl groups is 1. The Morgan fingerprint density at radius 3 is 2.44 bits per heavy atom. The molecule has 2 N–H and O–H groups in total. The van der Waals surface area contributed by atoms with E-state index in [1.165, 1.54) is 18.9 Å². The first-order chi connectivity index (χ1) is 11.9. The highest BCUT2D eigenvalue weighted by Crippen LogP contribution is 2.44. The van der Waals surface area contributed by atoms with Gasteiger partial charge in [-0.1, -0.05) is 12.1 Å². The van der Waals surface area contributed by atoms with E-state index in [0.717, 1.165) is 17.3 Å². The van der Waals surface area contributed by atoms with E-state index in [0.29, 0.717) is 23.7 Å². The van der Waals surface area contributed by atoms with Crippen molar-refractivity contribution in [1.29, 1.82) is 0 Å². The van der Waals surface area contributed by atoms with Crippen molar-refractivity contribution < 1.29 is 24.2 Å². The molecule has 138 valence electrons. The van der Waals surface area contributed by atoms with E-state index in [9.17, 15) is 15.0 Å². The van der Waals surface area contributed by atoms with Crippen molar-refractivity contribution in [1.82, 2.24) is 0 Å². The number of benzene rings is 1. The molecule has 5 heteroatoms. The number of rotatable bonds is 5. The van der Waals surface area contributed by atoms with E-state index < -0.39 is 11.9 Å². The first-order valence-electron chi connectivity index (χ1n) is 9.32. The number of aliphatic hydroxyl groups is 1. The predicted octanol–water partition coefficient (Wildman–Crippen LogP) is 2.56. The number of esters is 1. The number of nitrogens with zero attached hydrogens (tertiary/aromatic N) is 1. The molecule has 25 heavy (non-hydrogen) atoms. The quantitative estimate of drug-likeness (QED) is 0.634. The minimum Gasteiger partial charge on any atom is -0.508 e. The van der Waals surface area contributed by atoms with Crippen molar-refractivity contribution >= 4 is 5.97 Å². The standard InChI is InChI=1S/C20H29NO4/c1-13(2)21(3)15-7-8-16(21)11-18(10-15)25-20(24)19(12-22)14-5-4-6-17(23)9-14/h4-6,9,13,15-16,18-19,22H,7-8,10-12H2,1-3H3/p+1/t15-,16+,18?,19?,21?. The summed E-state index contributed by atoms with van der Waals surface area (Å²) in [5.74, 6) is -1.04. The third-order valence-electron chi connectivity index (χ3n) is 6.61. The number of aliphatic hydroxyl groups excluding tert-OH is 1. The fraction of sp³-hybridized carbons (Fsp3) is 0.650. The van der Waals surface area contributed by atoms with Crippen molar-refractivity contribution in [3.8, 4) is 5.75 Å². The number of fused-ring (bicyclic) bond motifs is 2. The van der Waals surface area contributed by atoms with Gasteiger partial charge in [0.1, 0.15) is 17.8 Å². The number of piperidine rings is 1. The summed E-state index contributed by atoms with van der Waals surface area (Å²) in [5, 5.41) is 19.3. The maximum absolute atomic E-state index is 12.6. The summed E-state index contributed by atoms with van der Waals surface area (Å²) >= 11 is 0. The molecular formula is C20H30NO4+. The number of hydrogen-bond acceptors (Lipinski definition) is 4. The van der Waals surface area contributed by atoms with Gasteiger partial charge in [0.05, 0.1) is 31.8 Å². The molecule has 2 bridgehead atoms. The largest absolute Gasteiger partial charge is 0.508 e. The van der Waals surface area contributed by atoms with Crippen LogP contribution in [-0.4, -0.2) is 58.5 Å². The van der Waals surface area contributed by atoms with Crippen LogP contribution in [0.3, 0.4) is 0 Å². The van der Waals surface area contributed by atoms with Crippen LogP contribution in [0.2, 0.25) is 0 Å². The van der Waals surface area contributed by atoms with E-state index in [1.54, 1.807) is 18.2 Å². The number of carbonyl (C=O) groups is 1. The lowest BCUT2D eigenvalue weighted by molar-refractivity contribution is -0.968. The number of quaternary nitrogens is 1. The van der Waals surface area contributed by atoms with Crippen molar-refractivity contribution in [3.63, 3.8) is 0 Å². The number of phenolic OH excluding ortho intramolecular Hbond substituents is 1. The van der Waals surface area contributed by atoms with Gasteiger partial charge in [-0.2, -0.15) is 0 Å². The summed E-state index contributed by atoms with van der Waals surface area (Å²) < 4.78 is 6.89. The average Bonchev–Trinajstić information content (AvgIpc) is 2.74. The average molecular weight is 348 g/mol. The molecule has 2 aliphatic rings. The van der Waals surface area contributed by atoms with Crippen LogP contribution in [0.5, 0.6) is 5.75 Å². The molecule has 0 amide bonds. The van der Waals surface area contributed by atoms with E-state index in [1.807, 2.05) is 0 Å². The topological polar surface area (TPSA) is 66.8 Å². The molecule has 0 aromatic heterocycles. The van der Waals surface area contributed by atoms with Crippen LogP contribution in [0.4, 0.5) is 0 Å². The summed E-state index contributed by atoms with van der Waals surface area (Å²) in [6.07, 6.45) is 4.12. The van der Waals surface area contributed by atoms with Gasteiger partial charge >= 0.3 is 5.97 Å². The van der Waals surface area contributed by atoms with Gasteiger partial charge in [-0.15, -0.1) is 0 Å². The SMILES string of the molecule is CC(C)[N+]1(C)[C@@H]2CC[C@H]1CC(OC(=O)C(CO)c1cccc(O)c1)C2. The molecule has 5 atom stereocenters. The molecule has 2 fully saturated rings. The molecule has 0 saturated carbocycles. The van der Waals surface area contributed by atoms with Crippen molar-refractivity contribution in [2.75, 3.05) is 13.7 Å². The van der Waals surface area contributed by atoms with E-state index in [4.69, 9.17) is 4.74 Å². The normalized spacial score (nSPS) is 32.6. The second-order valence-corrected chi connectivity index (χ2v) is 8.06. The van der Waals surface area contributed by atoms with Gasteiger partial charge in [0.15, 0.2) is 0 Å². The molecule has 0 spiro atoms. The zero-order valence-corrected chi connectivity index (χ0v) is 15.4. The van der Waals surface area contributed by atoms with E-state index >= 15 is 0 Å². The van der Waals surface area contributed by atoms with Crippen LogP contribution in [0.25, 0.3) is 0 Å². The Kier molecular flexibility index (Phi) is 5.07. The summed E-state index contributed by atoms with van der Waals surface area (Å²) in [7, 11) is 2.34. The number of phenols is 1. The van der Waals surface area contributed by atoms with Crippen LogP contribution in [0.15, 0.2) is 24.3 Å². The lowest BCUT2D eigenvalue weighted by Gasteiger charge is -2.49. The number of ether oxygens (including phenoxy) is 1. The zero-order chi connectivity index (χ0) is 18.2.